The van der Waals surface area contributed by atoms with Crippen LogP contribution in [0, 0.1) is 5.82 Å². The fraction of sp³-hybridized carbons (Fsp3) is 0.304. The van der Waals surface area contributed by atoms with Crippen molar-refractivity contribution in [1.82, 2.24) is 25.0 Å². The Morgan fingerprint density at radius 2 is 2.17 bits per heavy atom. The normalized spacial score (nSPS) is 22.0. The van der Waals surface area contributed by atoms with Gasteiger partial charge in [0.25, 0.3) is 5.92 Å². The molecule has 8 nitrogen and oxygen atoms in total. The van der Waals surface area contributed by atoms with Gasteiger partial charge in [0.15, 0.2) is 10.8 Å². The molecule has 0 spiro atoms. The van der Waals surface area contributed by atoms with Crippen molar-refractivity contribution in [3.8, 4) is 0 Å². The minimum atomic E-state index is -3.14. The molecule has 1 saturated heterocycles. The van der Waals surface area contributed by atoms with E-state index < -0.39 is 42.8 Å². The summed E-state index contributed by atoms with van der Waals surface area (Å²) in [6, 6.07) is 3.54. The van der Waals surface area contributed by atoms with Gasteiger partial charge in [-0.25, -0.2) is 18.2 Å². The summed E-state index contributed by atoms with van der Waals surface area (Å²) in [5, 5.41) is 19.7. The van der Waals surface area contributed by atoms with Crippen molar-refractivity contribution in [2.45, 2.75) is 24.4 Å². The highest BCUT2D eigenvalue weighted by atomic mass is 35.5. The van der Waals surface area contributed by atoms with Gasteiger partial charge in [-0.15, -0.1) is 11.3 Å². The highest BCUT2D eigenvalue weighted by Crippen LogP contribution is 2.42. The van der Waals surface area contributed by atoms with Crippen molar-refractivity contribution in [3.63, 3.8) is 0 Å². The van der Waals surface area contributed by atoms with Crippen LogP contribution in [0.2, 0.25) is 5.02 Å². The molecular formula is C23H20ClF3N6O2S. The molecule has 2 aliphatic heterocycles. The number of carbonyl (C=O) groups is 1. The van der Waals surface area contributed by atoms with Crippen LogP contribution in [0.1, 0.15) is 28.7 Å². The van der Waals surface area contributed by atoms with E-state index in [1.54, 1.807) is 35.6 Å². The third-order valence-corrected chi connectivity index (χ3v) is 7.13. The molecule has 2 aromatic heterocycles. The zero-order valence-corrected chi connectivity index (χ0v) is 20.4. The molecule has 0 amide bonds. The number of carboxylic acids is 1. The third kappa shape index (κ3) is 4.75. The highest BCUT2D eigenvalue weighted by Gasteiger charge is 2.48. The van der Waals surface area contributed by atoms with Crippen LogP contribution in [-0.4, -0.2) is 61.6 Å². The first-order valence-corrected chi connectivity index (χ1v) is 12.1. The van der Waals surface area contributed by atoms with E-state index in [1.165, 1.54) is 34.4 Å². The predicted octanol–water partition coefficient (Wildman–Crippen LogP) is 3.97. The maximum atomic E-state index is 14.3. The molecule has 2 aliphatic rings. The number of amidine groups is 1. The summed E-state index contributed by atoms with van der Waals surface area (Å²) in [5.74, 6) is -4.62. The lowest BCUT2D eigenvalue weighted by Crippen LogP contribution is -2.42. The van der Waals surface area contributed by atoms with E-state index in [-0.39, 0.29) is 11.6 Å². The third-order valence-electron chi connectivity index (χ3n) is 6.02. The van der Waals surface area contributed by atoms with E-state index in [2.05, 4.69) is 15.4 Å². The van der Waals surface area contributed by atoms with Crippen LogP contribution in [0.5, 0.6) is 0 Å². The van der Waals surface area contributed by atoms with Crippen molar-refractivity contribution in [2.75, 3.05) is 13.1 Å². The molecule has 0 aliphatic carbocycles. The number of hydrogen-bond acceptors (Lipinski definition) is 7. The predicted molar refractivity (Wildman–Crippen MR) is 129 cm³/mol. The largest absolute Gasteiger partial charge is 0.480 e. The van der Waals surface area contributed by atoms with E-state index in [0.717, 1.165) is 0 Å². The Morgan fingerprint density at radius 1 is 1.36 bits per heavy atom. The van der Waals surface area contributed by atoms with Crippen LogP contribution in [0.4, 0.5) is 13.2 Å². The lowest BCUT2D eigenvalue weighted by Gasteiger charge is -2.31. The molecule has 3 aromatic rings. The summed E-state index contributed by atoms with van der Waals surface area (Å²) in [6.45, 7) is -0.853. The Bertz CT molecular complexity index is 1370. The number of halogens is 4. The first-order valence-electron chi connectivity index (χ1n) is 10.9. The van der Waals surface area contributed by atoms with Crippen molar-refractivity contribution in [3.05, 3.63) is 74.8 Å². The molecule has 188 valence electrons. The molecule has 0 saturated carbocycles. The Kier molecular flexibility index (Phi) is 6.35. The fourth-order valence-corrected chi connectivity index (χ4v) is 5.33. The SMILES string of the molecule is Cn1ccc(C2=C(CN3CC(F)(F)C[C@H]3C(=O)O)NC(c3nccs3)=NC2c2ccc(F)cc2Cl)n1. The zero-order chi connectivity index (χ0) is 25.6. The first kappa shape index (κ1) is 24.5. The van der Waals surface area contributed by atoms with Crippen LogP contribution in [0.15, 0.2) is 52.7 Å². The summed E-state index contributed by atoms with van der Waals surface area (Å²) >= 11 is 7.75. The lowest BCUT2D eigenvalue weighted by atomic mass is 9.93. The highest BCUT2D eigenvalue weighted by molar-refractivity contribution is 7.11. The van der Waals surface area contributed by atoms with Gasteiger partial charge in [-0.3, -0.25) is 19.4 Å². The molecule has 5 rings (SSSR count). The lowest BCUT2D eigenvalue weighted by molar-refractivity contribution is -0.142. The summed E-state index contributed by atoms with van der Waals surface area (Å²) in [6.07, 6.45) is 2.53. The quantitative estimate of drug-likeness (QED) is 0.495. The van der Waals surface area contributed by atoms with Crippen molar-refractivity contribution in [1.29, 1.82) is 0 Å². The van der Waals surface area contributed by atoms with Crippen LogP contribution in [0.3, 0.4) is 0 Å². The molecule has 1 unspecified atom stereocenters. The second-order valence-corrected chi connectivity index (χ2v) is 9.90. The van der Waals surface area contributed by atoms with Gasteiger partial charge in [0.05, 0.1) is 12.2 Å². The number of nitrogens with one attached hydrogen (secondary N) is 1. The van der Waals surface area contributed by atoms with Gasteiger partial charge in [0, 0.05) is 59.6 Å². The average Bonchev–Trinajstić information content (AvgIpc) is 3.54. The van der Waals surface area contributed by atoms with E-state index in [0.29, 0.717) is 33.4 Å². The average molecular weight is 537 g/mol. The number of alkyl halides is 2. The standard InChI is InChI=1S/C23H20ClF3N6O2S/c1-32-6-4-15(31-32)18-16(10-33-11-23(26,27)9-17(33)22(34)35)29-20(21-28-5-7-36-21)30-19(18)13-3-2-12(25)8-14(13)24/h2-8,17,19H,9-11H2,1H3,(H,29,30)(H,34,35)/t17-,19?/m0/s1. The van der Waals surface area contributed by atoms with Gasteiger partial charge < -0.3 is 10.4 Å². The molecule has 4 heterocycles. The number of aromatic nitrogens is 3. The molecule has 0 radical (unpaired) electrons. The maximum Gasteiger partial charge on any atom is 0.321 e. The van der Waals surface area contributed by atoms with Gasteiger partial charge in [-0.1, -0.05) is 17.7 Å². The Morgan fingerprint density at radius 3 is 2.81 bits per heavy atom. The van der Waals surface area contributed by atoms with Crippen LogP contribution in [0.25, 0.3) is 5.57 Å². The molecule has 2 atom stereocenters. The van der Waals surface area contributed by atoms with Crippen LogP contribution < -0.4 is 5.32 Å². The Labute approximate surface area is 212 Å². The smallest absolute Gasteiger partial charge is 0.321 e. The fourth-order valence-electron chi connectivity index (χ4n) is 4.47. The Hall–Kier alpha value is -3.22. The Balaban J connectivity index is 1.67. The number of hydrogen-bond donors (Lipinski definition) is 2. The number of aliphatic imine (C=N–C) groups is 1. The number of benzene rings is 1. The van der Waals surface area contributed by atoms with Crippen molar-refractivity contribution < 1.29 is 23.1 Å². The number of aliphatic carboxylic acids is 1. The molecule has 1 aromatic carbocycles. The number of thiazole rings is 1. The van der Waals surface area contributed by atoms with Gasteiger partial charge in [0.2, 0.25) is 0 Å². The van der Waals surface area contributed by atoms with E-state index in [1.807, 2.05) is 0 Å². The second kappa shape index (κ2) is 9.34. The minimum Gasteiger partial charge on any atom is -0.480 e. The molecule has 13 heteroatoms. The van der Waals surface area contributed by atoms with Crippen LogP contribution >= 0.6 is 22.9 Å². The molecule has 1 fully saturated rings. The number of nitrogens with zero attached hydrogens (tertiary/aromatic N) is 5. The van der Waals surface area contributed by atoms with E-state index >= 15 is 0 Å². The number of aryl methyl sites for hydroxylation is 1. The van der Waals surface area contributed by atoms with Crippen molar-refractivity contribution in [2.24, 2.45) is 12.0 Å². The van der Waals surface area contributed by atoms with E-state index in [9.17, 15) is 23.1 Å². The zero-order valence-electron chi connectivity index (χ0n) is 18.8. The second-order valence-electron chi connectivity index (χ2n) is 8.59. The van der Waals surface area contributed by atoms with Gasteiger partial charge in [-0.05, 0) is 18.2 Å². The maximum absolute atomic E-state index is 14.3. The number of likely N-dealkylation sites (tertiary alicyclic amines) is 1. The summed E-state index contributed by atoms with van der Waals surface area (Å²) in [4.78, 5) is 22.1. The van der Waals surface area contributed by atoms with E-state index in [4.69, 9.17) is 16.6 Å². The van der Waals surface area contributed by atoms with Gasteiger partial charge >= 0.3 is 5.97 Å². The summed E-state index contributed by atoms with van der Waals surface area (Å²) in [5.41, 5.74) is 1.92. The number of rotatable bonds is 6. The first-order chi connectivity index (χ1) is 17.1. The monoisotopic (exact) mass is 536 g/mol. The number of carboxylic acid groups (broad SMARTS) is 1. The topological polar surface area (TPSA) is 95.6 Å². The van der Waals surface area contributed by atoms with Gasteiger partial charge in [-0.2, -0.15) is 5.10 Å². The van der Waals surface area contributed by atoms with Gasteiger partial charge in [0.1, 0.15) is 17.9 Å². The minimum absolute atomic E-state index is 0.132. The summed E-state index contributed by atoms with van der Waals surface area (Å²) < 4.78 is 44.0. The molecular weight excluding hydrogens is 517 g/mol. The molecule has 2 N–H and O–H groups in total. The van der Waals surface area contributed by atoms with Crippen LogP contribution in [-0.2, 0) is 11.8 Å². The molecule has 0 bridgehead atoms. The summed E-state index contributed by atoms with van der Waals surface area (Å²) in [7, 11) is 1.73. The van der Waals surface area contributed by atoms with Crippen molar-refractivity contribution >= 4 is 40.3 Å². The molecule has 36 heavy (non-hydrogen) atoms.